The highest BCUT2D eigenvalue weighted by molar-refractivity contribution is 6.26. The van der Waals surface area contributed by atoms with E-state index in [1.54, 1.807) is 55.7 Å². The van der Waals surface area contributed by atoms with Gasteiger partial charge in [0.15, 0.2) is 5.78 Å². The normalized spacial score (nSPS) is 11.0. The lowest BCUT2D eigenvalue weighted by Crippen LogP contribution is -2.16. The number of ketones is 1. The highest BCUT2D eigenvalue weighted by Gasteiger charge is 2.21. The second-order valence-electron chi connectivity index (χ2n) is 4.63. The van der Waals surface area contributed by atoms with Crippen LogP contribution < -0.4 is 4.74 Å². The molecular weight excluding hydrogens is 294 g/mol. The van der Waals surface area contributed by atoms with E-state index in [4.69, 9.17) is 9.47 Å². The number of benzene rings is 1. The minimum absolute atomic E-state index is 0.0481. The lowest BCUT2D eigenvalue weighted by atomic mass is 10.0. The summed E-state index contributed by atoms with van der Waals surface area (Å²) in [5, 5.41) is 0. The lowest BCUT2D eigenvalue weighted by Gasteiger charge is -2.07. The molecule has 2 rings (SSSR count). The maximum atomic E-state index is 12.6. The van der Waals surface area contributed by atoms with Crippen molar-refractivity contribution in [3.63, 3.8) is 0 Å². The number of nitrogens with zero attached hydrogens (tertiary/aromatic N) is 1. The smallest absolute Gasteiger partial charge is 0.342 e. The SMILES string of the molecule is CCOC(=O)C(=Cc1cncc(OC)c1)C(=O)c1ccccc1. The van der Waals surface area contributed by atoms with Crippen LogP contribution in [-0.2, 0) is 9.53 Å². The van der Waals surface area contributed by atoms with Gasteiger partial charge in [0.1, 0.15) is 11.3 Å². The average Bonchev–Trinajstić information content (AvgIpc) is 2.60. The van der Waals surface area contributed by atoms with Gasteiger partial charge < -0.3 is 9.47 Å². The molecular formula is C18H17NO4. The summed E-state index contributed by atoms with van der Waals surface area (Å²) in [6.07, 6.45) is 4.54. The molecule has 23 heavy (non-hydrogen) atoms. The molecule has 0 unspecified atom stereocenters. The summed E-state index contributed by atoms with van der Waals surface area (Å²) in [7, 11) is 1.52. The highest BCUT2D eigenvalue weighted by Crippen LogP contribution is 2.17. The molecule has 0 aliphatic carbocycles. The monoisotopic (exact) mass is 311 g/mol. The molecule has 5 heteroatoms. The third kappa shape index (κ3) is 4.26. The minimum atomic E-state index is -0.663. The summed E-state index contributed by atoms with van der Waals surface area (Å²) in [6.45, 7) is 1.88. The molecule has 0 saturated carbocycles. The van der Waals surface area contributed by atoms with Crippen LogP contribution in [0.2, 0.25) is 0 Å². The third-order valence-corrected chi connectivity index (χ3v) is 3.06. The number of hydrogen-bond donors (Lipinski definition) is 0. The first-order valence-corrected chi connectivity index (χ1v) is 7.13. The van der Waals surface area contributed by atoms with Crippen molar-refractivity contribution in [3.8, 4) is 5.75 Å². The third-order valence-electron chi connectivity index (χ3n) is 3.06. The molecule has 0 bridgehead atoms. The molecule has 0 atom stereocenters. The zero-order valence-corrected chi connectivity index (χ0v) is 13.0. The second-order valence-corrected chi connectivity index (χ2v) is 4.63. The maximum absolute atomic E-state index is 12.6. The molecule has 1 aromatic carbocycles. The number of methoxy groups -OCH3 is 1. The van der Waals surface area contributed by atoms with Gasteiger partial charge in [-0.15, -0.1) is 0 Å². The molecule has 0 saturated heterocycles. The Morgan fingerprint density at radius 3 is 2.57 bits per heavy atom. The average molecular weight is 311 g/mol. The Bertz CT molecular complexity index is 723. The van der Waals surface area contributed by atoms with Crippen molar-refractivity contribution in [3.05, 3.63) is 65.5 Å². The molecule has 0 radical (unpaired) electrons. The molecule has 118 valence electrons. The van der Waals surface area contributed by atoms with E-state index in [9.17, 15) is 9.59 Å². The Kier molecular flexibility index (Phi) is 5.63. The van der Waals surface area contributed by atoms with Crippen molar-refractivity contribution in [1.29, 1.82) is 0 Å². The van der Waals surface area contributed by atoms with Gasteiger partial charge in [-0.1, -0.05) is 30.3 Å². The van der Waals surface area contributed by atoms with Crippen LogP contribution in [0.15, 0.2) is 54.4 Å². The molecule has 0 amide bonds. The van der Waals surface area contributed by atoms with E-state index in [1.807, 2.05) is 0 Å². The first kappa shape index (κ1) is 16.4. The van der Waals surface area contributed by atoms with Gasteiger partial charge >= 0.3 is 5.97 Å². The summed E-state index contributed by atoms with van der Waals surface area (Å²) in [4.78, 5) is 28.8. The molecule has 5 nitrogen and oxygen atoms in total. The van der Waals surface area contributed by atoms with E-state index < -0.39 is 11.8 Å². The van der Waals surface area contributed by atoms with Crippen LogP contribution in [0.1, 0.15) is 22.8 Å². The Labute approximate surface area is 134 Å². The highest BCUT2D eigenvalue weighted by atomic mass is 16.5. The van der Waals surface area contributed by atoms with Crippen LogP contribution in [0.5, 0.6) is 5.75 Å². The number of aromatic nitrogens is 1. The van der Waals surface area contributed by atoms with Crippen LogP contribution in [0, 0.1) is 0 Å². The van der Waals surface area contributed by atoms with Crippen LogP contribution in [0.4, 0.5) is 0 Å². The van der Waals surface area contributed by atoms with Crippen LogP contribution in [-0.4, -0.2) is 30.5 Å². The molecule has 0 aliphatic heterocycles. The van der Waals surface area contributed by atoms with Gasteiger partial charge in [-0.3, -0.25) is 9.78 Å². The van der Waals surface area contributed by atoms with Crippen molar-refractivity contribution in [2.24, 2.45) is 0 Å². The van der Waals surface area contributed by atoms with Crippen molar-refractivity contribution < 1.29 is 19.1 Å². The Morgan fingerprint density at radius 2 is 1.91 bits per heavy atom. The van der Waals surface area contributed by atoms with Crippen molar-refractivity contribution in [1.82, 2.24) is 4.98 Å². The number of carbonyl (C=O) groups excluding carboxylic acids is 2. The van der Waals surface area contributed by atoms with E-state index in [0.29, 0.717) is 16.9 Å². The van der Waals surface area contributed by atoms with Gasteiger partial charge in [-0.05, 0) is 24.6 Å². The summed E-state index contributed by atoms with van der Waals surface area (Å²) in [6, 6.07) is 10.3. The van der Waals surface area contributed by atoms with E-state index in [1.165, 1.54) is 13.2 Å². The predicted molar refractivity (Wildman–Crippen MR) is 86.2 cm³/mol. The van der Waals surface area contributed by atoms with Crippen molar-refractivity contribution >= 4 is 17.8 Å². The summed E-state index contributed by atoms with van der Waals surface area (Å²) in [5.74, 6) is -0.523. The number of rotatable bonds is 6. The number of ether oxygens (including phenoxy) is 2. The minimum Gasteiger partial charge on any atom is -0.495 e. The number of pyridine rings is 1. The van der Waals surface area contributed by atoms with Gasteiger partial charge in [-0.2, -0.15) is 0 Å². The van der Waals surface area contributed by atoms with Crippen LogP contribution in [0.3, 0.4) is 0 Å². The molecule has 1 aromatic heterocycles. The topological polar surface area (TPSA) is 65.5 Å². The molecule has 0 aliphatic rings. The van der Waals surface area contributed by atoms with Crippen molar-refractivity contribution in [2.75, 3.05) is 13.7 Å². The summed E-state index contributed by atoms with van der Waals surface area (Å²) >= 11 is 0. The quantitative estimate of drug-likeness (QED) is 0.270. The number of hydrogen-bond acceptors (Lipinski definition) is 5. The largest absolute Gasteiger partial charge is 0.495 e. The van der Waals surface area contributed by atoms with Gasteiger partial charge in [0.2, 0.25) is 0 Å². The lowest BCUT2D eigenvalue weighted by molar-refractivity contribution is -0.137. The number of Topliss-reactive ketones (excluding diaryl/α,β-unsaturated/α-hetero) is 1. The molecule has 0 fully saturated rings. The van der Waals surface area contributed by atoms with Crippen LogP contribution >= 0.6 is 0 Å². The van der Waals surface area contributed by atoms with Gasteiger partial charge in [0, 0.05) is 11.8 Å². The number of carbonyl (C=O) groups is 2. The van der Waals surface area contributed by atoms with E-state index in [0.717, 1.165) is 0 Å². The fourth-order valence-corrected chi connectivity index (χ4v) is 1.96. The van der Waals surface area contributed by atoms with E-state index >= 15 is 0 Å². The van der Waals surface area contributed by atoms with E-state index in [-0.39, 0.29) is 12.2 Å². The molecule has 2 aromatic rings. The standard InChI is InChI=1S/C18H17NO4/c1-3-23-18(21)16(17(20)14-7-5-4-6-8-14)10-13-9-15(22-2)12-19-11-13/h4-12H,3H2,1-2H3. The predicted octanol–water partition coefficient (Wildman–Crippen LogP) is 2.92. The second kappa shape index (κ2) is 7.89. The fraction of sp³-hybridized carbons (Fsp3) is 0.167. The maximum Gasteiger partial charge on any atom is 0.342 e. The molecule has 1 heterocycles. The fourth-order valence-electron chi connectivity index (χ4n) is 1.96. The first-order valence-electron chi connectivity index (χ1n) is 7.13. The Hall–Kier alpha value is -2.95. The first-order chi connectivity index (χ1) is 11.2. The zero-order valence-electron chi connectivity index (χ0n) is 13.0. The Morgan fingerprint density at radius 1 is 1.17 bits per heavy atom. The summed E-state index contributed by atoms with van der Waals surface area (Å²) < 4.78 is 10.1. The Balaban J connectivity index is 2.43. The molecule has 0 spiro atoms. The molecule has 0 N–H and O–H groups in total. The van der Waals surface area contributed by atoms with Crippen LogP contribution in [0.25, 0.3) is 6.08 Å². The van der Waals surface area contributed by atoms with E-state index in [2.05, 4.69) is 4.98 Å². The van der Waals surface area contributed by atoms with Gasteiger partial charge in [-0.25, -0.2) is 4.79 Å². The van der Waals surface area contributed by atoms with Gasteiger partial charge in [0.05, 0.1) is 19.9 Å². The summed E-state index contributed by atoms with van der Waals surface area (Å²) in [5.41, 5.74) is 0.951. The van der Waals surface area contributed by atoms with Gasteiger partial charge in [0.25, 0.3) is 0 Å². The zero-order chi connectivity index (χ0) is 16.7. The van der Waals surface area contributed by atoms with Crippen molar-refractivity contribution in [2.45, 2.75) is 6.92 Å². The number of esters is 1.